The Hall–Kier alpha value is -2.29. The lowest BCUT2D eigenvalue weighted by molar-refractivity contribution is -0.117. The van der Waals surface area contributed by atoms with E-state index in [1.807, 2.05) is 54.6 Å². The van der Waals surface area contributed by atoms with Gasteiger partial charge >= 0.3 is 0 Å². The maximum atomic E-state index is 11.8. The molecule has 102 valence electrons. The largest absolute Gasteiger partial charge is 0.487 e. The molecular formula is C17H17NO2. The van der Waals surface area contributed by atoms with Crippen molar-refractivity contribution in [1.82, 2.24) is 0 Å². The van der Waals surface area contributed by atoms with Gasteiger partial charge < -0.3 is 10.1 Å². The van der Waals surface area contributed by atoms with E-state index in [1.54, 1.807) is 0 Å². The van der Waals surface area contributed by atoms with Crippen LogP contribution in [-0.4, -0.2) is 5.91 Å². The molecule has 0 radical (unpaired) electrons. The molecule has 1 aliphatic rings. The Balaban J connectivity index is 1.67. The molecule has 1 fully saturated rings. The second-order valence-electron chi connectivity index (χ2n) is 5.03. The van der Waals surface area contributed by atoms with Crippen molar-refractivity contribution < 1.29 is 9.53 Å². The first-order chi connectivity index (χ1) is 9.83. The zero-order valence-corrected chi connectivity index (χ0v) is 11.2. The van der Waals surface area contributed by atoms with E-state index >= 15 is 0 Å². The number of carbonyl (C=O) groups is 1. The lowest BCUT2D eigenvalue weighted by atomic mass is 10.2. The van der Waals surface area contributed by atoms with Crippen LogP contribution in [0, 0.1) is 5.92 Å². The zero-order valence-electron chi connectivity index (χ0n) is 11.2. The van der Waals surface area contributed by atoms with Gasteiger partial charge in [0, 0.05) is 5.92 Å². The van der Waals surface area contributed by atoms with Crippen molar-refractivity contribution in [2.75, 3.05) is 5.32 Å². The van der Waals surface area contributed by atoms with Crippen LogP contribution in [0.2, 0.25) is 0 Å². The zero-order chi connectivity index (χ0) is 13.8. The van der Waals surface area contributed by atoms with E-state index in [9.17, 15) is 4.79 Å². The molecule has 2 aromatic carbocycles. The van der Waals surface area contributed by atoms with Gasteiger partial charge in [-0.15, -0.1) is 0 Å². The Morgan fingerprint density at radius 2 is 1.75 bits per heavy atom. The van der Waals surface area contributed by atoms with Gasteiger partial charge in [-0.3, -0.25) is 4.79 Å². The van der Waals surface area contributed by atoms with Gasteiger partial charge in [-0.25, -0.2) is 0 Å². The molecule has 20 heavy (non-hydrogen) atoms. The van der Waals surface area contributed by atoms with Crippen LogP contribution < -0.4 is 10.1 Å². The van der Waals surface area contributed by atoms with Crippen molar-refractivity contribution in [2.24, 2.45) is 5.92 Å². The molecular weight excluding hydrogens is 250 g/mol. The Morgan fingerprint density at radius 1 is 1.05 bits per heavy atom. The number of carbonyl (C=O) groups excluding carboxylic acids is 1. The molecule has 1 N–H and O–H groups in total. The van der Waals surface area contributed by atoms with E-state index in [1.165, 1.54) is 0 Å². The number of hydrogen-bond donors (Lipinski definition) is 1. The molecule has 3 nitrogen and oxygen atoms in total. The van der Waals surface area contributed by atoms with E-state index in [4.69, 9.17) is 4.74 Å². The highest BCUT2D eigenvalue weighted by atomic mass is 16.5. The van der Waals surface area contributed by atoms with E-state index in [-0.39, 0.29) is 11.8 Å². The van der Waals surface area contributed by atoms with Crippen LogP contribution in [-0.2, 0) is 11.4 Å². The van der Waals surface area contributed by atoms with Crippen LogP contribution in [0.25, 0.3) is 0 Å². The molecule has 0 heterocycles. The molecule has 1 aliphatic carbocycles. The monoisotopic (exact) mass is 267 g/mol. The van der Waals surface area contributed by atoms with Gasteiger partial charge in [0.25, 0.3) is 0 Å². The van der Waals surface area contributed by atoms with Crippen molar-refractivity contribution in [2.45, 2.75) is 19.4 Å². The summed E-state index contributed by atoms with van der Waals surface area (Å²) in [6.45, 7) is 0.497. The molecule has 0 bridgehead atoms. The molecule has 3 heteroatoms. The summed E-state index contributed by atoms with van der Waals surface area (Å²) in [6, 6.07) is 17.6. The average molecular weight is 267 g/mol. The molecule has 0 unspecified atom stereocenters. The molecule has 1 saturated carbocycles. The first-order valence-corrected chi connectivity index (χ1v) is 6.89. The van der Waals surface area contributed by atoms with E-state index in [2.05, 4.69) is 5.32 Å². The summed E-state index contributed by atoms with van der Waals surface area (Å²) >= 11 is 0. The molecule has 0 spiro atoms. The van der Waals surface area contributed by atoms with Crippen molar-refractivity contribution >= 4 is 11.6 Å². The summed E-state index contributed by atoms with van der Waals surface area (Å²) in [5.74, 6) is 1.00. The maximum absolute atomic E-state index is 11.8. The Labute approximate surface area is 118 Å². The van der Waals surface area contributed by atoms with Gasteiger partial charge in [0.05, 0.1) is 5.69 Å². The van der Waals surface area contributed by atoms with Crippen molar-refractivity contribution in [3.8, 4) is 5.75 Å². The van der Waals surface area contributed by atoms with Gasteiger partial charge in [-0.2, -0.15) is 0 Å². The number of amides is 1. The summed E-state index contributed by atoms with van der Waals surface area (Å²) in [6.07, 6.45) is 2.00. The average Bonchev–Trinajstić information content (AvgIpc) is 3.32. The van der Waals surface area contributed by atoms with E-state index in [0.717, 1.165) is 24.1 Å². The number of rotatable bonds is 5. The standard InChI is InChI=1S/C17H17NO2/c19-17(14-10-11-14)18-15-8-4-5-9-16(15)20-12-13-6-2-1-3-7-13/h1-9,14H,10-12H2,(H,18,19). The highest BCUT2D eigenvalue weighted by molar-refractivity contribution is 5.95. The smallest absolute Gasteiger partial charge is 0.227 e. The number of benzene rings is 2. The molecule has 0 aromatic heterocycles. The number of nitrogens with one attached hydrogen (secondary N) is 1. The summed E-state index contributed by atoms with van der Waals surface area (Å²) in [5, 5.41) is 2.94. The van der Waals surface area contributed by atoms with Crippen LogP contribution in [0.1, 0.15) is 18.4 Å². The van der Waals surface area contributed by atoms with Gasteiger partial charge in [-0.1, -0.05) is 42.5 Å². The van der Waals surface area contributed by atoms with Crippen LogP contribution >= 0.6 is 0 Å². The van der Waals surface area contributed by atoms with Gasteiger partial charge in [-0.05, 0) is 30.5 Å². The van der Waals surface area contributed by atoms with Crippen LogP contribution in [0.4, 0.5) is 5.69 Å². The van der Waals surface area contributed by atoms with E-state index in [0.29, 0.717) is 12.4 Å². The van der Waals surface area contributed by atoms with Gasteiger partial charge in [0.15, 0.2) is 0 Å². The minimum Gasteiger partial charge on any atom is -0.487 e. The van der Waals surface area contributed by atoms with Gasteiger partial charge in [0.2, 0.25) is 5.91 Å². The SMILES string of the molecule is O=C(Nc1ccccc1OCc1ccccc1)C1CC1. The quantitative estimate of drug-likeness (QED) is 0.898. The third-order valence-corrected chi connectivity index (χ3v) is 3.33. The third-order valence-electron chi connectivity index (χ3n) is 3.33. The molecule has 2 aromatic rings. The Bertz CT molecular complexity index is 591. The third kappa shape index (κ3) is 3.18. The number of para-hydroxylation sites is 2. The highest BCUT2D eigenvalue weighted by Crippen LogP contribution is 2.32. The second kappa shape index (κ2) is 5.78. The van der Waals surface area contributed by atoms with Crippen LogP contribution in [0.15, 0.2) is 54.6 Å². The number of hydrogen-bond acceptors (Lipinski definition) is 2. The van der Waals surface area contributed by atoms with Crippen molar-refractivity contribution in [3.05, 3.63) is 60.2 Å². The first kappa shape index (κ1) is 12.7. The summed E-state index contributed by atoms with van der Waals surface area (Å²) < 4.78 is 5.81. The Kier molecular flexibility index (Phi) is 3.68. The number of ether oxygens (including phenoxy) is 1. The van der Waals surface area contributed by atoms with Crippen molar-refractivity contribution in [3.63, 3.8) is 0 Å². The lowest BCUT2D eigenvalue weighted by Gasteiger charge is -2.12. The minimum atomic E-state index is 0.0979. The molecule has 3 rings (SSSR count). The normalized spacial score (nSPS) is 13.8. The predicted molar refractivity (Wildman–Crippen MR) is 78.6 cm³/mol. The molecule has 0 aliphatic heterocycles. The summed E-state index contributed by atoms with van der Waals surface area (Å²) in [7, 11) is 0. The van der Waals surface area contributed by atoms with Crippen molar-refractivity contribution in [1.29, 1.82) is 0 Å². The van der Waals surface area contributed by atoms with E-state index < -0.39 is 0 Å². The topological polar surface area (TPSA) is 38.3 Å². The summed E-state index contributed by atoms with van der Waals surface area (Å²) in [5.41, 5.74) is 1.86. The Morgan fingerprint density at radius 3 is 2.50 bits per heavy atom. The maximum Gasteiger partial charge on any atom is 0.227 e. The summed E-state index contributed by atoms with van der Waals surface area (Å²) in [4.78, 5) is 11.8. The van der Waals surface area contributed by atoms with Gasteiger partial charge in [0.1, 0.15) is 12.4 Å². The molecule has 1 amide bonds. The lowest BCUT2D eigenvalue weighted by Crippen LogP contribution is -2.14. The molecule has 0 atom stereocenters. The number of anilines is 1. The predicted octanol–water partition coefficient (Wildman–Crippen LogP) is 3.61. The first-order valence-electron chi connectivity index (χ1n) is 6.89. The van der Waals surface area contributed by atoms with Crippen LogP contribution in [0.5, 0.6) is 5.75 Å². The van der Waals surface area contributed by atoms with Crippen LogP contribution in [0.3, 0.4) is 0 Å². The fourth-order valence-corrected chi connectivity index (χ4v) is 2.01. The highest BCUT2D eigenvalue weighted by Gasteiger charge is 2.29. The molecule has 0 saturated heterocycles. The fraction of sp³-hybridized carbons (Fsp3) is 0.235. The minimum absolute atomic E-state index is 0.0979. The fourth-order valence-electron chi connectivity index (χ4n) is 2.01. The second-order valence-corrected chi connectivity index (χ2v) is 5.03.